The first-order chi connectivity index (χ1) is 11.7. The van der Waals surface area contributed by atoms with Crippen molar-refractivity contribution in [2.75, 3.05) is 24.2 Å². The van der Waals surface area contributed by atoms with Crippen LogP contribution in [0.3, 0.4) is 0 Å². The van der Waals surface area contributed by atoms with Crippen molar-refractivity contribution in [1.29, 1.82) is 0 Å². The fraction of sp³-hybridized carbons (Fsp3) is 0.294. The number of nitrogens with one attached hydrogen (secondary N) is 2. The predicted molar refractivity (Wildman–Crippen MR) is 99.9 cm³/mol. The topological polar surface area (TPSA) is 67.4 Å². The van der Waals surface area contributed by atoms with E-state index in [4.69, 9.17) is 4.74 Å². The van der Waals surface area contributed by atoms with Crippen molar-refractivity contribution >= 4 is 40.8 Å². The summed E-state index contributed by atoms with van der Waals surface area (Å²) in [7, 11) is 0. The number of benzene rings is 1. The molecule has 0 aliphatic heterocycles. The molecule has 1 aromatic heterocycles. The molecule has 0 atom stereocenters. The Morgan fingerprint density at radius 1 is 1.21 bits per heavy atom. The molecule has 7 heteroatoms. The Balaban J connectivity index is 1.69. The van der Waals surface area contributed by atoms with Crippen LogP contribution in [0.5, 0.6) is 0 Å². The summed E-state index contributed by atoms with van der Waals surface area (Å²) in [5, 5.41) is 7.55. The van der Waals surface area contributed by atoms with Crippen LogP contribution in [0.25, 0.3) is 0 Å². The predicted octanol–water partition coefficient (Wildman–Crippen LogP) is 3.98. The van der Waals surface area contributed by atoms with Crippen LogP contribution >= 0.6 is 23.1 Å². The van der Waals surface area contributed by atoms with E-state index in [1.807, 2.05) is 6.07 Å². The van der Waals surface area contributed by atoms with E-state index in [-0.39, 0.29) is 5.91 Å². The molecule has 2 aromatic rings. The van der Waals surface area contributed by atoms with Gasteiger partial charge in [0.25, 0.3) is 5.91 Å². The van der Waals surface area contributed by atoms with Crippen molar-refractivity contribution in [3.8, 4) is 0 Å². The van der Waals surface area contributed by atoms with Crippen molar-refractivity contribution in [3.05, 3.63) is 52.2 Å². The van der Waals surface area contributed by atoms with Crippen molar-refractivity contribution in [3.63, 3.8) is 0 Å². The van der Waals surface area contributed by atoms with Crippen LogP contribution in [0.1, 0.15) is 22.2 Å². The fourth-order valence-electron chi connectivity index (χ4n) is 1.90. The van der Waals surface area contributed by atoms with Gasteiger partial charge >= 0.3 is 6.09 Å². The van der Waals surface area contributed by atoms with Gasteiger partial charge in [0, 0.05) is 34.2 Å². The number of rotatable bonds is 8. The first-order valence-corrected chi connectivity index (χ1v) is 9.64. The highest BCUT2D eigenvalue weighted by Crippen LogP contribution is 2.16. The zero-order valence-electron chi connectivity index (χ0n) is 13.4. The van der Waals surface area contributed by atoms with Crippen LogP contribution in [0.4, 0.5) is 10.5 Å². The van der Waals surface area contributed by atoms with Gasteiger partial charge < -0.3 is 10.1 Å². The molecule has 128 valence electrons. The lowest BCUT2D eigenvalue weighted by atomic mass is 10.2. The normalized spacial score (nSPS) is 10.2. The van der Waals surface area contributed by atoms with Gasteiger partial charge in [-0.3, -0.25) is 10.1 Å². The molecule has 2 amide bonds. The van der Waals surface area contributed by atoms with Crippen LogP contribution in [-0.2, 0) is 10.5 Å². The zero-order valence-corrected chi connectivity index (χ0v) is 15.0. The van der Waals surface area contributed by atoms with Gasteiger partial charge in [-0.15, -0.1) is 11.3 Å². The fourth-order valence-corrected chi connectivity index (χ4v) is 3.60. The van der Waals surface area contributed by atoms with Crippen molar-refractivity contribution < 1.29 is 14.3 Å². The Bertz CT molecular complexity index is 642. The van der Waals surface area contributed by atoms with Crippen LogP contribution in [0.2, 0.25) is 0 Å². The molecule has 2 N–H and O–H groups in total. The van der Waals surface area contributed by atoms with Gasteiger partial charge in [-0.1, -0.05) is 6.07 Å². The molecule has 0 aliphatic rings. The van der Waals surface area contributed by atoms with Gasteiger partial charge in [-0.05, 0) is 42.6 Å². The molecule has 0 unspecified atom stereocenters. The average Bonchev–Trinajstić information content (AvgIpc) is 3.08. The Morgan fingerprint density at radius 2 is 2.00 bits per heavy atom. The summed E-state index contributed by atoms with van der Waals surface area (Å²) in [5.41, 5.74) is 1.16. The van der Waals surface area contributed by atoms with Gasteiger partial charge in [0.1, 0.15) is 0 Å². The monoisotopic (exact) mass is 364 g/mol. The Labute approximate surface area is 149 Å². The van der Waals surface area contributed by atoms with E-state index in [0.29, 0.717) is 24.4 Å². The number of hydrogen-bond donors (Lipinski definition) is 2. The molecule has 1 aromatic carbocycles. The molecule has 0 spiro atoms. The average molecular weight is 364 g/mol. The summed E-state index contributed by atoms with van der Waals surface area (Å²) < 4.78 is 4.80. The Hall–Kier alpha value is -1.99. The number of ether oxygens (including phenoxy) is 1. The van der Waals surface area contributed by atoms with E-state index >= 15 is 0 Å². The highest BCUT2D eigenvalue weighted by atomic mass is 32.2. The minimum Gasteiger partial charge on any atom is -0.450 e. The molecule has 0 radical (unpaired) electrons. The van der Waals surface area contributed by atoms with Gasteiger partial charge in [-0.2, -0.15) is 11.8 Å². The van der Waals surface area contributed by atoms with Crippen LogP contribution in [0.15, 0.2) is 41.8 Å². The van der Waals surface area contributed by atoms with E-state index in [1.165, 1.54) is 4.88 Å². The third-order valence-electron chi connectivity index (χ3n) is 3.03. The molecule has 0 saturated heterocycles. The van der Waals surface area contributed by atoms with Crippen molar-refractivity contribution in [1.82, 2.24) is 5.32 Å². The highest BCUT2D eigenvalue weighted by Gasteiger charge is 2.06. The van der Waals surface area contributed by atoms with E-state index in [2.05, 4.69) is 22.1 Å². The summed E-state index contributed by atoms with van der Waals surface area (Å²) in [6.07, 6.45) is -0.502. The molecule has 2 rings (SSSR count). The van der Waals surface area contributed by atoms with Crippen LogP contribution < -0.4 is 10.6 Å². The number of thiophene rings is 1. The number of hydrogen-bond acceptors (Lipinski definition) is 5. The van der Waals surface area contributed by atoms with Gasteiger partial charge in [0.15, 0.2) is 0 Å². The summed E-state index contributed by atoms with van der Waals surface area (Å²) in [4.78, 5) is 24.7. The number of anilines is 1. The summed E-state index contributed by atoms with van der Waals surface area (Å²) >= 11 is 3.54. The number of thioether (sulfide) groups is 1. The first kappa shape index (κ1) is 18.4. The molecule has 5 nitrogen and oxygen atoms in total. The maximum atomic E-state index is 12.0. The van der Waals surface area contributed by atoms with E-state index in [0.717, 1.165) is 11.5 Å². The molecule has 0 bridgehead atoms. The molecule has 0 saturated carbocycles. The molecular weight excluding hydrogens is 344 g/mol. The van der Waals surface area contributed by atoms with Crippen molar-refractivity contribution in [2.24, 2.45) is 0 Å². The highest BCUT2D eigenvalue weighted by molar-refractivity contribution is 7.98. The maximum Gasteiger partial charge on any atom is 0.411 e. The minimum absolute atomic E-state index is 0.116. The third kappa shape index (κ3) is 6.25. The molecule has 24 heavy (non-hydrogen) atoms. The van der Waals surface area contributed by atoms with E-state index in [1.54, 1.807) is 54.3 Å². The quantitative estimate of drug-likeness (QED) is 0.695. The largest absolute Gasteiger partial charge is 0.450 e. The molecular formula is C17H20N2O3S2. The zero-order chi connectivity index (χ0) is 17.2. The van der Waals surface area contributed by atoms with Crippen LogP contribution in [-0.4, -0.2) is 30.9 Å². The molecule has 0 aliphatic carbocycles. The second kappa shape index (κ2) is 10.00. The molecule has 0 fully saturated rings. The lowest BCUT2D eigenvalue weighted by molar-refractivity contribution is 0.0956. The number of carbonyl (C=O) groups excluding carboxylic acids is 2. The van der Waals surface area contributed by atoms with E-state index in [9.17, 15) is 9.59 Å². The number of amides is 2. The summed E-state index contributed by atoms with van der Waals surface area (Å²) in [6.45, 7) is 2.68. The van der Waals surface area contributed by atoms with E-state index < -0.39 is 6.09 Å². The van der Waals surface area contributed by atoms with Crippen LogP contribution in [0, 0.1) is 0 Å². The number of carbonyl (C=O) groups is 2. The minimum atomic E-state index is -0.502. The maximum absolute atomic E-state index is 12.0. The summed E-state index contributed by atoms with van der Waals surface area (Å²) in [5.74, 6) is 1.72. The third-order valence-corrected chi connectivity index (χ3v) is 5.09. The summed E-state index contributed by atoms with van der Waals surface area (Å²) in [6, 6.07) is 10.9. The van der Waals surface area contributed by atoms with Gasteiger partial charge in [-0.25, -0.2) is 4.79 Å². The second-order valence-corrected chi connectivity index (χ2v) is 6.95. The first-order valence-electron chi connectivity index (χ1n) is 7.61. The van der Waals surface area contributed by atoms with Crippen molar-refractivity contribution in [2.45, 2.75) is 12.7 Å². The van der Waals surface area contributed by atoms with Gasteiger partial charge in [0.05, 0.1) is 6.61 Å². The standard InChI is InChI=1S/C17H20N2O3S2/c1-2-22-17(21)19-14-7-5-13(6-8-14)16(20)18-9-11-23-12-15-4-3-10-24-15/h3-8,10H,2,9,11-12H2,1H3,(H,18,20)(H,19,21). The Morgan fingerprint density at radius 3 is 2.67 bits per heavy atom. The second-order valence-electron chi connectivity index (χ2n) is 4.81. The Kier molecular flexibility index (Phi) is 7.64. The SMILES string of the molecule is CCOC(=O)Nc1ccc(C(=O)NCCSCc2cccs2)cc1. The lowest BCUT2D eigenvalue weighted by Crippen LogP contribution is -2.25. The van der Waals surface area contributed by atoms with Gasteiger partial charge in [0.2, 0.25) is 0 Å². The smallest absolute Gasteiger partial charge is 0.411 e. The molecule has 1 heterocycles. The lowest BCUT2D eigenvalue weighted by Gasteiger charge is -2.07.